The van der Waals surface area contributed by atoms with Crippen LogP contribution in [0.5, 0.6) is 0 Å². The molecule has 0 saturated carbocycles. The maximum atomic E-state index is 13.7. The Labute approximate surface area is 90.8 Å². The van der Waals surface area contributed by atoms with Gasteiger partial charge < -0.3 is 0 Å². The lowest BCUT2D eigenvalue weighted by atomic mass is 9.94. The van der Waals surface area contributed by atoms with E-state index in [4.69, 9.17) is 0 Å². The van der Waals surface area contributed by atoms with Crippen molar-refractivity contribution in [1.82, 2.24) is 0 Å². The third-order valence-electron chi connectivity index (χ3n) is 2.16. The van der Waals surface area contributed by atoms with Gasteiger partial charge in [0.1, 0.15) is 0 Å². The first-order chi connectivity index (χ1) is 7.40. The van der Waals surface area contributed by atoms with Crippen LogP contribution in [0.4, 0.5) is 10.1 Å². The van der Waals surface area contributed by atoms with Crippen molar-refractivity contribution < 1.29 is 14.1 Å². The first-order valence-electron chi connectivity index (χ1n) is 4.42. The van der Waals surface area contributed by atoms with E-state index in [-0.39, 0.29) is 5.56 Å². The minimum Gasteiger partial charge on any atom is -0.258 e. The van der Waals surface area contributed by atoms with Crippen LogP contribution in [0.25, 0.3) is 0 Å². The second kappa shape index (κ2) is 4.20. The monoisotopic (exact) mass is 224 g/mol. The van der Waals surface area contributed by atoms with Gasteiger partial charge in [-0.15, -0.1) is 0 Å². The van der Waals surface area contributed by atoms with Crippen LogP contribution in [0, 0.1) is 15.9 Å². The highest BCUT2D eigenvalue weighted by Gasteiger charge is 2.28. The third-order valence-corrected chi connectivity index (χ3v) is 2.16. The molecule has 16 heavy (non-hydrogen) atoms. The van der Waals surface area contributed by atoms with E-state index in [0.717, 1.165) is 6.07 Å². The van der Waals surface area contributed by atoms with Crippen molar-refractivity contribution in [3.8, 4) is 0 Å². The van der Waals surface area contributed by atoms with E-state index in [1.54, 1.807) is 0 Å². The van der Waals surface area contributed by atoms with Crippen LogP contribution < -0.4 is 0 Å². The number of halogens is 1. The zero-order chi connectivity index (χ0) is 12.3. The SMILES string of the molecule is CC(C)(N=C=O)c1cccc([N+](=O)[O-])c1F. The Bertz CT molecular complexity index is 479. The van der Waals surface area contributed by atoms with Crippen molar-refractivity contribution >= 4 is 11.8 Å². The predicted molar refractivity (Wildman–Crippen MR) is 54.2 cm³/mol. The first kappa shape index (κ1) is 12.0. The third kappa shape index (κ3) is 2.12. The van der Waals surface area contributed by atoms with Gasteiger partial charge in [-0.25, -0.2) is 4.79 Å². The Kier molecular flexibility index (Phi) is 3.15. The van der Waals surface area contributed by atoms with Crippen molar-refractivity contribution in [3.63, 3.8) is 0 Å². The number of carbonyl (C=O) groups excluding carboxylic acids is 1. The summed E-state index contributed by atoms with van der Waals surface area (Å²) in [5, 5.41) is 10.5. The fourth-order valence-corrected chi connectivity index (χ4v) is 1.31. The fraction of sp³-hybridized carbons (Fsp3) is 0.300. The molecule has 0 amide bonds. The van der Waals surface area contributed by atoms with Crippen LogP contribution in [0.3, 0.4) is 0 Å². The van der Waals surface area contributed by atoms with Crippen LogP contribution in [-0.4, -0.2) is 11.0 Å². The molecule has 0 N–H and O–H groups in total. The molecular formula is C10H9FN2O3. The zero-order valence-corrected chi connectivity index (χ0v) is 8.73. The zero-order valence-electron chi connectivity index (χ0n) is 8.73. The second-order valence-corrected chi connectivity index (χ2v) is 3.66. The molecule has 6 heteroatoms. The summed E-state index contributed by atoms with van der Waals surface area (Å²) in [7, 11) is 0. The maximum Gasteiger partial charge on any atom is 0.305 e. The molecule has 0 spiro atoms. The number of benzene rings is 1. The molecule has 1 rings (SSSR count). The van der Waals surface area contributed by atoms with Crippen molar-refractivity contribution in [2.75, 3.05) is 0 Å². The van der Waals surface area contributed by atoms with Gasteiger partial charge in [-0.1, -0.05) is 12.1 Å². The molecule has 5 nitrogen and oxygen atoms in total. The largest absolute Gasteiger partial charge is 0.305 e. The molecule has 0 aliphatic heterocycles. The van der Waals surface area contributed by atoms with E-state index in [9.17, 15) is 19.3 Å². The van der Waals surface area contributed by atoms with Gasteiger partial charge in [-0.05, 0) is 13.8 Å². The van der Waals surface area contributed by atoms with Gasteiger partial charge in [0.15, 0.2) is 0 Å². The molecule has 0 fully saturated rings. The highest BCUT2D eigenvalue weighted by atomic mass is 19.1. The first-order valence-corrected chi connectivity index (χ1v) is 4.42. The molecule has 0 unspecified atom stereocenters. The summed E-state index contributed by atoms with van der Waals surface area (Å²) in [5.41, 5.74) is -1.81. The van der Waals surface area contributed by atoms with Gasteiger partial charge >= 0.3 is 5.69 Å². The number of hydrogen-bond donors (Lipinski definition) is 0. The van der Waals surface area contributed by atoms with Crippen LogP contribution in [0.1, 0.15) is 19.4 Å². The summed E-state index contributed by atoms with van der Waals surface area (Å²) in [4.78, 5) is 23.3. The summed E-state index contributed by atoms with van der Waals surface area (Å²) in [6, 6.07) is 3.75. The van der Waals surface area contributed by atoms with Crippen LogP contribution in [0.2, 0.25) is 0 Å². The van der Waals surface area contributed by atoms with Crippen molar-refractivity contribution in [2.24, 2.45) is 4.99 Å². The lowest BCUT2D eigenvalue weighted by molar-refractivity contribution is -0.387. The molecule has 0 radical (unpaired) electrons. The molecule has 0 aliphatic carbocycles. The van der Waals surface area contributed by atoms with E-state index in [1.807, 2.05) is 0 Å². The van der Waals surface area contributed by atoms with Crippen LogP contribution >= 0.6 is 0 Å². The van der Waals surface area contributed by atoms with E-state index < -0.39 is 22.0 Å². The molecular weight excluding hydrogens is 215 g/mol. The molecule has 1 aromatic rings. The Balaban J connectivity index is 3.41. The Morgan fingerprint density at radius 2 is 2.12 bits per heavy atom. The van der Waals surface area contributed by atoms with E-state index >= 15 is 0 Å². The average Bonchev–Trinajstić information content (AvgIpc) is 2.17. The number of nitro benzene ring substituents is 1. The van der Waals surface area contributed by atoms with Gasteiger partial charge in [0.2, 0.25) is 11.9 Å². The number of nitro groups is 1. The summed E-state index contributed by atoms with van der Waals surface area (Å²) in [6.45, 7) is 2.94. The summed E-state index contributed by atoms with van der Waals surface area (Å²) in [5.74, 6) is -0.975. The lowest BCUT2D eigenvalue weighted by Crippen LogP contribution is -2.16. The van der Waals surface area contributed by atoms with Crippen molar-refractivity contribution in [2.45, 2.75) is 19.4 Å². The normalized spacial score (nSPS) is 10.7. The number of aliphatic imine (C=N–C) groups is 1. The molecule has 0 bridgehead atoms. The van der Waals surface area contributed by atoms with E-state index in [2.05, 4.69) is 4.99 Å². The summed E-state index contributed by atoms with van der Waals surface area (Å²) >= 11 is 0. The average molecular weight is 224 g/mol. The molecule has 0 heterocycles. The maximum absolute atomic E-state index is 13.7. The van der Waals surface area contributed by atoms with Gasteiger partial charge in [0.25, 0.3) is 0 Å². The highest BCUT2D eigenvalue weighted by Crippen LogP contribution is 2.31. The molecule has 1 aromatic carbocycles. The standard InChI is InChI=1S/C10H9FN2O3/c1-10(2,12-6-14)7-4-3-5-8(9(7)11)13(15)16/h3-5H,1-2H3. The van der Waals surface area contributed by atoms with Crippen molar-refractivity contribution in [1.29, 1.82) is 0 Å². The van der Waals surface area contributed by atoms with Gasteiger partial charge in [0, 0.05) is 11.6 Å². The Hall–Kier alpha value is -2.07. The molecule has 0 aliphatic rings. The van der Waals surface area contributed by atoms with Gasteiger partial charge in [-0.3, -0.25) is 10.1 Å². The number of hydrogen-bond acceptors (Lipinski definition) is 4. The second-order valence-electron chi connectivity index (χ2n) is 3.66. The van der Waals surface area contributed by atoms with Gasteiger partial charge in [-0.2, -0.15) is 9.38 Å². The van der Waals surface area contributed by atoms with Crippen LogP contribution in [-0.2, 0) is 10.3 Å². The quantitative estimate of drug-likeness (QED) is 0.342. The number of rotatable bonds is 3. The highest BCUT2D eigenvalue weighted by molar-refractivity contribution is 5.43. The molecule has 84 valence electrons. The topological polar surface area (TPSA) is 72.6 Å². The molecule has 0 atom stereocenters. The predicted octanol–water partition coefficient (Wildman–Crippen LogP) is 2.30. The lowest BCUT2D eigenvalue weighted by Gasteiger charge is -2.18. The molecule has 0 saturated heterocycles. The van der Waals surface area contributed by atoms with Crippen molar-refractivity contribution in [3.05, 3.63) is 39.7 Å². The minimum atomic E-state index is -1.17. The smallest absolute Gasteiger partial charge is 0.258 e. The summed E-state index contributed by atoms with van der Waals surface area (Å²) in [6.07, 6.45) is 1.32. The van der Waals surface area contributed by atoms with Crippen LogP contribution in [0.15, 0.2) is 23.2 Å². The Morgan fingerprint density at radius 1 is 1.50 bits per heavy atom. The summed E-state index contributed by atoms with van der Waals surface area (Å²) < 4.78 is 13.7. The number of nitrogens with zero attached hydrogens (tertiary/aromatic N) is 2. The Morgan fingerprint density at radius 3 is 2.62 bits per heavy atom. The van der Waals surface area contributed by atoms with E-state index in [1.165, 1.54) is 32.1 Å². The fourth-order valence-electron chi connectivity index (χ4n) is 1.31. The molecule has 0 aromatic heterocycles. The minimum absolute atomic E-state index is 0.00921. The van der Waals surface area contributed by atoms with Gasteiger partial charge in [0.05, 0.1) is 10.5 Å². The number of isocyanates is 1. The van der Waals surface area contributed by atoms with E-state index in [0.29, 0.717) is 0 Å².